The summed E-state index contributed by atoms with van der Waals surface area (Å²) >= 11 is 20.2. The number of benzene rings is 4. The fourth-order valence-electron chi connectivity index (χ4n) is 5.06. The summed E-state index contributed by atoms with van der Waals surface area (Å²) in [5.41, 5.74) is 7.84. The van der Waals surface area contributed by atoms with Crippen LogP contribution in [-0.2, 0) is 11.3 Å². The molecule has 0 amide bonds. The smallest absolute Gasteiger partial charge is 0.313 e. The maximum Gasteiger partial charge on any atom is 0.367 e. The van der Waals surface area contributed by atoms with Crippen molar-refractivity contribution in [1.29, 1.82) is 0 Å². The van der Waals surface area contributed by atoms with Crippen LogP contribution in [0.25, 0.3) is 21.8 Å². The molecule has 1 aliphatic rings. The van der Waals surface area contributed by atoms with Crippen LogP contribution in [0.15, 0.2) is 119 Å². The van der Waals surface area contributed by atoms with E-state index < -0.39 is 5.97 Å². The van der Waals surface area contributed by atoms with E-state index in [0.717, 1.165) is 44.3 Å². The molecule has 6 rings (SSSR count). The van der Waals surface area contributed by atoms with Gasteiger partial charge in [-0.1, -0.05) is 106 Å². The van der Waals surface area contributed by atoms with Crippen LogP contribution in [0.3, 0.4) is 0 Å². The fourth-order valence-corrected chi connectivity index (χ4v) is 6.64. The van der Waals surface area contributed by atoms with Crippen LogP contribution >= 0.6 is 46.6 Å². The zero-order valence-corrected chi connectivity index (χ0v) is 26.1. The van der Waals surface area contributed by atoms with Crippen LogP contribution in [0.4, 0.5) is 0 Å². The molecule has 0 fully saturated rings. The van der Waals surface area contributed by atoms with Crippen molar-refractivity contribution in [3.63, 3.8) is 0 Å². The molecule has 0 saturated heterocycles. The predicted octanol–water partition coefficient (Wildman–Crippen LogP) is 10.7. The fraction of sp³-hybridized carbons (Fsp3) is 0.0857. The Kier molecular flexibility index (Phi) is 8.78. The van der Waals surface area contributed by atoms with E-state index in [1.807, 2.05) is 42.5 Å². The third kappa shape index (κ3) is 6.31. The molecule has 0 bridgehead atoms. The summed E-state index contributed by atoms with van der Waals surface area (Å²) < 4.78 is 2.31. The number of carbonyl (C=O) groups is 1. The Bertz CT molecular complexity index is 1860. The molecule has 0 N–H and O–H groups in total. The minimum atomic E-state index is -0.672. The van der Waals surface area contributed by atoms with Crippen LogP contribution in [0.5, 0.6) is 0 Å². The number of aryl methyl sites for hydroxylation is 1. The highest BCUT2D eigenvalue weighted by Crippen LogP contribution is 2.46. The molecule has 4 nitrogen and oxygen atoms in total. The van der Waals surface area contributed by atoms with Crippen molar-refractivity contribution in [3.05, 3.63) is 146 Å². The van der Waals surface area contributed by atoms with Gasteiger partial charge in [0.15, 0.2) is 0 Å². The molecule has 0 radical (unpaired) electrons. The van der Waals surface area contributed by atoms with Gasteiger partial charge in [0, 0.05) is 31.8 Å². The number of oxime groups is 1. The average Bonchev–Trinajstić information content (AvgIpc) is 3.41. The molecule has 214 valence electrons. The van der Waals surface area contributed by atoms with Gasteiger partial charge in [-0.25, -0.2) is 4.79 Å². The molecular weight excluding hydrogens is 619 g/mol. The van der Waals surface area contributed by atoms with Gasteiger partial charge in [0.2, 0.25) is 0 Å². The molecule has 1 aromatic heterocycles. The van der Waals surface area contributed by atoms with Crippen molar-refractivity contribution in [1.82, 2.24) is 4.57 Å². The summed E-state index contributed by atoms with van der Waals surface area (Å²) in [6.07, 6.45) is 3.10. The predicted molar refractivity (Wildman–Crippen MR) is 179 cm³/mol. The number of hydrogen-bond donors (Lipinski definition) is 0. The molecule has 1 heterocycles. The lowest BCUT2D eigenvalue weighted by molar-refractivity contribution is 0.0519. The molecule has 8 heteroatoms. The Balaban J connectivity index is 1.45. The standard InChI is InChI=1S/C35H25Cl3N2O2S/c1-22-10-17-27(18-11-22)43-34-24(21-39-42-35(41)28-8-5-9-30(37)33(28)38)12-19-31-29(34)20-32(23-6-3-2-4-7-23)40(31)26-15-13-25(36)14-16-26/h2-11,13-18,20-21H,12,19H2,1H3/b39-21-. The van der Waals surface area contributed by atoms with E-state index in [9.17, 15) is 4.79 Å². The summed E-state index contributed by atoms with van der Waals surface area (Å²) in [5, 5.41) is 5.21. The van der Waals surface area contributed by atoms with Gasteiger partial charge in [0.25, 0.3) is 0 Å². The third-order valence-electron chi connectivity index (χ3n) is 7.18. The monoisotopic (exact) mass is 642 g/mol. The maximum atomic E-state index is 12.7. The Labute approximate surface area is 269 Å². The van der Waals surface area contributed by atoms with Gasteiger partial charge in [-0.15, -0.1) is 0 Å². The molecular formula is C35H25Cl3N2O2S. The first kappa shape index (κ1) is 29.3. The lowest BCUT2D eigenvalue weighted by atomic mass is 9.97. The van der Waals surface area contributed by atoms with E-state index in [1.165, 1.54) is 11.3 Å². The van der Waals surface area contributed by atoms with Gasteiger partial charge in [0.1, 0.15) is 0 Å². The quantitative estimate of drug-likeness (QED) is 0.101. The van der Waals surface area contributed by atoms with Gasteiger partial charge in [-0.2, -0.15) is 0 Å². The van der Waals surface area contributed by atoms with E-state index >= 15 is 0 Å². The van der Waals surface area contributed by atoms with Crippen molar-refractivity contribution in [3.8, 4) is 16.9 Å². The number of fused-ring (bicyclic) bond motifs is 1. The molecule has 0 atom stereocenters. The number of allylic oxidation sites excluding steroid dienone is 1. The van der Waals surface area contributed by atoms with Crippen LogP contribution < -0.4 is 0 Å². The molecule has 1 aliphatic carbocycles. The van der Waals surface area contributed by atoms with E-state index in [2.05, 4.69) is 59.1 Å². The van der Waals surface area contributed by atoms with E-state index in [1.54, 1.807) is 36.2 Å². The van der Waals surface area contributed by atoms with E-state index in [4.69, 9.17) is 39.6 Å². The van der Waals surface area contributed by atoms with Crippen molar-refractivity contribution in [2.75, 3.05) is 0 Å². The van der Waals surface area contributed by atoms with Gasteiger partial charge >= 0.3 is 5.97 Å². The second-order valence-electron chi connectivity index (χ2n) is 10.1. The summed E-state index contributed by atoms with van der Waals surface area (Å²) in [5.74, 6) is -0.672. The Hall–Kier alpha value is -3.74. The molecule has 0 aliphatic heterocycles. The molecule has 0 saturated carbocycles. The first-order chi connectivity index (χ1) is 20.9. The third-order valence-corrected chi connectivity index (χ3v) is 9.45. The van der Waals surface area contributed by atoms with Crippen LogP contribution in [0, 0.1) is 6.92 Å². The molecule has 43 heavy (non-hydrogen) atoms. The zero-order chi connectivity index (χ0) is 29.9. The molecule has 0 spiro atoms. The first-order valence-corrected chi connectivity index (χ1v) is 15.6. The Morgan fingerprint density at radius 1 is 0.884 bits per heavy atom. The van der Waals surface area contributed by atoms with Crippen molar-refractivity contribution >= 4 is 63.7 Å². The van der Waals surface area contributed by atoms with Crippen molar-refractivity contribution in [2.45, 2.75) is 24.7 Å². The molecule has 4 aromatic carbocycles. The minimum absolute atomic E-state index is 0.137. The SMILES string of the molecule is Cc1ccc(SC2=C(/C=N\OC(=O)c3cccc(Cl)c3Cl)CCc3c2cc(-c2ccccc2)n3-c2ccc(Cl)cc2)cc1. The van der Waals surface area contributed by atoms with Gasteiger partial charge < -0.3 is 9.40 Å². The average molecular weight is 644 g/mol. The lowest BCUT2D eigenvalue weighted by Crippen LogP contribution is -2.09. The highest BCUT2D eigenvalue weighted by molar-refractivity contribution is 8.08. The van der Waals surface area contributed by atoms with Crippen LogP contribution in [0.2, 0.25) is 15.1 Å². The second kappa shape index (κ2) is 12.9. The van der Waals surface area contributed by atoms with Gasteiger partial charge in [-0.05, 0) is 85.5 Å². The summed E-state index contributed by atoms with van der Waals surface area (Å²) in [6.45, 7) is 2.07. The minimum Gasteiger partial charge on any atom is -0.313 e. The summed E-state index contributed by atoms with van der Waals surface area (Å²) in [4.78, 5) is 20.2. The summed E-state index contributed by atoms with van der Waals surface area (Å²) in [7, 11) is 0. The highest BCUT2D eigenvalue weighted by atomic mass is 35.5. The van der Waals surface area contributed by atoms with Gasteiger partial charge in [0.05, 0.1) is 27.5 Å². The number of carbonyl (C=O) groups excluding carboxylic acids is 1. The molecule has 5 aromatic rings. The van der Waals surface area contributed by atoms with E-state index in [0.29, 0.717) is 11.4 Å². The maximum absolute atomic E-state index is 12.7. The highest BCUT2D eigenvalue weighted by Gasteiger charge is 2.26. The Morgan fingerprint density at radius 2 is 1.63 bits per heavy atom. The lowest BCUT2D eigenvalue weighted by Gasteiger charge is -2.21. The first-order valence-electron chi connectivity index (χ1n) is 13.6. The second-order valence-corrected chi connectivity index (χ2v) is 12.4. The number of rotatable bonds is 7. The van der Waals surface area contributed by atoms with Crippen molar-refractivity contribution < 1.29 is 9.63 Å². The number of thioether (sulfide) groups is 1. The normalized spacial score (nSPS) is 12.9. The number of aromatic nitrogens is 1. The largest absolute Gasteiger partial charge is 0.367 e. The number of hydrogen-bond acceptors (Lipinski definition) is 4. The number of nitrogens with zero attached hydrogens (tertiary/aromatic N) is 2. The summed E-state index contributed by atoms with van der Waals surface area (Å²) in [6, 6.07) is 33.8. The van der Waals surface area contributed by atoms with Crippen molar-refractivity contribution in [2.24, 2.45) is 5.16 Å². The van der Waals surface area contributed by atoms with Crippen LogP contribution in [0.1, 0.15) is 33.6 Å². The zero-order valence-electron chi connectivity index (χ0n) is 23.1. The number of halogens is 3. The molecule has 0 unspecified atom stereocenters. The van der Waals surface area contributed by atoms with Crippen LogP contribution in [-0.4, -0.2) is 16.8 Å². The van der Waals surface area contributed by atoms with Gasteiger partial charge in [-0.3, -0.25) is 0 Å². The topological polar surface area (TPSA) is 43.6 Å². The Morgan fingerprint density at radius 3 is 2.37 bits per heavy atom. The van der Waals surface area contributed by atoms with E-state index in [-0.39, 0.29) is 15.6 Å².